The van der Waals surface area contributed by atoms with Gasteiger partial charge in [-0.25, -0.2) is 13.3 Å². The lowest BCUT2D eigenvalue weighted by molar-refractivity contribution is 0.0925. The van der Waals surface area contributed by atoms with Crippen LogP contribution in [0.2, 0.25) is 0 Å². The van der Waals surface area contributed by atoms with E-state index in [1.54, 1.807) is 12.1 Å². The Kier molecular flexibility index (Phi) is 5.65. The zero-order valence-corrected chi connectivity index (χ0v) is 20.1. The van der Waals surface area contributed by atoms with Crippen molar-refractivity contribution in [2.45, 2.75) is 38.0 Å². The van der Waals surface area contributed by atoms with E-state index >= 15 is 0 Å². The molecule has 2 amide bonds. The van der Waals surface area contributed by atoms with Crippen LogP contribution in [0, 0.1) is 0 Å². The molecule has 0 radical (unpaired) electrons. The maximum atomic E-state index is 13.2. The van der Waals surface area contributed by atoms with Crippen LogP contribution in [0.15, 0.2) is 71.6 Å². The molecule has 0 saturated carbocycles. The number of hydrogen-bond acceptors (Lipinski definition) is 5. The number of fused-ring (bicyclic) bond motifs is 1. The lowest BCUT2D eigenvalue weighted by Crippen LogP contribution is -2.29. The predicted octanol–water partition coefficient (Wildman–Crippen LogP) is 4.79. The monoisotopic (exact) mass is 476 g/mol. The van der Waals surface area contributed by atoms with E-state index in [9.17, 15) is 22.8 Å². The van der Waals surface area contributed by atoms with Crippen molar-refractivity contribution < 1.29 is 22.8 Å². The van der Waals surface area contributed by atoms with Crippen LogP contribution in [0.4, 0.5) is 11.4 Å². The molecule has 3 aromatic rings. The fraction of sp³-hybridized carbons (Fsp3) is 0.192. The van der Waals surface area contributed by atoms with Crippen molar-refractivity contribution in [1.82, 2.24) is 0 Å². The maximum Gasteiger partial charge on any atom is 0.268 e. The predicted molar refractivity (Wildman–Crippen MR) is 130 cm³/mol. The van der Waals surface area contributed by atoms with Gasteiger partial charge in [-0.15, -0.1) is 0 Å². The fourth-order valence-electron chi connectivity index (χ4n) is 3.79. The Hall–Kier alpha value is -3.78. The van der Waals surface area contributed by atoms with E-state index in [0.29, 0.717) is 11.3 Å². The van der Waals surface area contributed by atoms with Gasteiger partial charge in [0, 0.05) is 5.56 Å². The highest BCUT2D eigenvalue weighted by Gasteiger charge is 2.39. The number of benzene rings is 3. The van der Waals surface area contributed by atoms with Gasteiger partial charge in [0.15, 0.2) is 5.78 Å². The third-order valence-electron chi connectivity index (χ3n) is 5.72. The quantitative estimate of drug-likeness (QED) is 0.422. The summed E-state index contributed by atoms with van der Waals surface area (Å²) >= 11 is 0. The molecule has 1 aliphatic heterocycles. The number of hydrogen-bond donors (Lipinski definition) is 1. The van der Waals surface area contributed by atoms with Crippen molar-refractivity contribution in [3.8, 4) is 0 Å². The van der Waals surface area contributed by atoms with Gasteiger partial charge in [0.2, 0.25) is 0 Å². The Balaban J connectivity index is 1.67. The summed E-state index contributed by atoms with van der Waals surface area (Å²) < 4.78 is 28.6. The largest absolute Gasteiger partial charge is 0.295 e. The molecular weight excluding hydrogens is 452 g/mol. The minimum absolute atomic E-state index is 0.0157. The van der Waals surface area contributed by atoms with Gasteiger partial charge in [0.05, 0.1) is 27.4 Å². The van der Waals surface area contributed by atoms with E-state index in [4.69, 9.17) is 0 Å². The van der Waals surface area contributed by atoms with Gasteiger partial charge in [-0.05, 0) is 66.4 Å². The molecule has 1 N–H and O–H groups in total. The van der Waals surface area contributed by atoms with Gasteiger partial charge in [-0.1, -0.05) is 39.0 Å². The molecule has 8 heteroatoms. The molecule has 3 aromatic carbocycles. The normalized spacial score (nSPS) is 13.7. The molecule has 4 rings (SSSR count). The number of carbonyl (C=O) groups excluding carboxylic acids is 3. The SMILES string of the molecule is CC(=O)c1ccc(N2C(=O)c3cccc(NS(=O)(=O)c4ccc(C(C)(C)C)cc4)c3C2=O)cc1. The van der Waals surface area contributed by atoms with Crippen LogP contribution in [0.3, 0.4) is 0 Å². The number of Topliss-reactive ketones (excluding diaryl/α,β-unsaturated/α-hetero) is 1. The summed E-state index contributed by atoms with van der Waals surface area (Å²) in [5.74, 6) is -1.34. The second kappa shape index (κ2) is 8.22. The lowest BCUT2D eigenvalue weighted by Gasteiger charge is -2.19. The molecule has 0 fully saturated rings. The molecule has 1 heterocycles. The number of imide groups is 1. The van der Waals surface area contributed by atoms with E-state index in [1.807, 2.05) is 20.8 Å². The van der Waals surface area contributed by atoms with Crippen LogP contribution in [-0.2, 0) is 15.4 Å². The lowest BCUT2D eigenvalue weighted by atomic mass is 9.87. The standard InChI is InChI=1S/C26H24N2O5S/c1-16(29)17-8-12-19(13-9-17)28-24(30)21-6-5-7-22(23(21)25(28)31)27-34(32,33)20-14-10-18(11-15-20)26(2,3)4/h5-15,27H,1-4H3. The van der Waals surface area contributed by atoms with Gasteiger partial charge < -0.3 is 0 Å². The maximum absolute atomic E-state index is 13.2. The third kappa shape index (κ3) is 4.12. The summed E-state index contributed by atoms with van der Waals surface area (Å²) in [6.07, 6.45) is 0. The summed E-state index contributed by atoms with van der Waals surface area (Å²) in [4.78, 5) is 38.8. The molecule has 1 aliphatic rings. The van der Waals surface area contributed by atoms with Crippen LogP contribution >= 0.6 is 0 Å². The summed E-state index contributed by atoms with van der Waals surface area (Å²) in [6, 6.07) is 17.1. The average molecular weight is 477 g/mol. The zero-order valence-electron chi connectivity index (χ0n) is 19.2. The number of sulfonamides is 1. The van der Waals surface area contributed by atoms with Crippen LogP contribution < -0.4 is 9.62 Å². The summed E-state index contributed by atoms with van der Waals surface area (Å²) in [7, 11) is -4.00. The number of carbonyl (C=O) groups is 3. The van der Waals surface area contributed by atoms with Gasteiger partial charge in [0.25, 0.3) is 21.8 Å². The second-order valence-electron chi connectivity index (χ2n) is 9.16. The molecule has 0 aromatic heterocycles. The van der Waals surface area contributed by atoms with E-state index in [1.165, 1.54) is 61.5 Å². The highest BCUT2D eigenvalue weighted by Crippen LogP contribution is 2.34. The van der Waals surface area contributed by atoms with Gasteiger partial charge in [-0.3, -0.25) is 19.1 Å². The summed E-state index contributed by atoms with van der Waals surface area (Å²) in [5, 5.41) is 0. The van der Waals surface area contributed by atoms with Gasteiger partial charge in [0.1, 0.15) is 0 Å². The molecule has 174 valence electrons. The average Bonchev–Trinajstić information content (AvgIpc) is 3.04. The number of amides is 2. The number of nitrogens with zero attached hydrogens (tertiary/aromatic N) is 1. The van der Waals surface area contributed by atoms with E-state index in [0.717, 1.165) is 10.5 Å². The first-order valence-corrected chi connectivity index (χ1v) is 12.1. The highest BCUT2D eigenvalue weighted by atomic mass is 32.2. The van der Waals surface area contributed by atoms with Crippen molar-refractivity contribution in [2.75, 3.05) is 9.62 Å². The van der Waals surface area contributed by atoms with E-state index < -0.39 is 21.8 Å². The van der Waals surface area contributed by atoms with Crippen molar-refractivity contribution >= 4 is 39.0 Å². The van der Waals surface area contributed by atoms with E-state index in [-0.39, 0.29) is 32.9 Å². The van der Waals surface area contributed by atoms with E-state index in [2.05, 4.69) is 4.72 Å². The summed E-state index contributed by atoms with van der Waals surface area (Å²) in [5.41, 5.74) is 1.71. The molecule has 34 heavy (non-hydrogen) atoms. The second-order valence-corrected chi connectivity index (χ2v) is 10.8. The molecular formula is C26H24N2O5S. The molecule has 0 aliphatic carbocycles. The first-order chi connectivity index (χ1) is 15.9. The number of ketones is 1. The number of nitrogens with one attached hydrogen (secondary N) is 1. The van der Waals surface area contributed by atoms with Crippen molar-refractivity contribution in [2.24, 2.45) is 0 Å². The minimum Gasteiger partial charge on any atom is -0.295 e. The minimum atomic E-state index is -4.00. The van der Waals surface area contributed by atoms with Crippen molar-refractivity contribution in [3.63, 3.8) is 0 Å². The van der Waals surface area contributed by atoms with Crippen molar-refractivity contribution in [3.05, 3.63) is 89.0 Å². The van der Waals surface area contributed by atoms with Gasteiger partial charge in [-0.2, -0.15) is 0 Å². The summed E-state index contributed by atoms with van der Waals surface area (Å²) in [6.45, 7) is 7.52. The zero-order chi connectivity index (χ0) is 24.8. The first-order valence-electron chi connectivity index (χ1n) is 10.7. The van der Waals surface area contributed by atoms with Gasteiger partial charge >= 0.3 is 0 Å². The Labute approximate surface area is 198 Å². The molecule has 0 atom stereocenters. The molecule has 0 bridgehead atoms. The number of rotatable bonds is 5. The Morgan fingerprint density at radius 1 is 0.853 bits per heavy atom. The smallest absolute Gasteiger partial charge is 0.268 e. The Morgan fingerprint density at radius 3 is 2.03 bits per heavy atom. The van der Waals surface area contributed by atoms with Crippen LogP contribution in [0.1, 0.15) is 64.3 Å². The van der Waals surface area contributed by atoms with Crippen molar-refractivity contribution in [1.29, 1.82) is 0 Å². The first kappa shape index (κ1) is 23.4. The van der Waals surface area contributed by atoms with Crippen LogP contribution in [0.5, 0.6) is 0 Å². The van der Waals surface area contributed by atoms with Crippen LogP contribution in [0.25, 0.3) is 0 Å². The molecule has 7 nitrogen and oxygen atoms in total. The Bertz CT molecular complexity index is 1420. The molecule has 0 spiro atoms. The number of anilines is 2. The third-order valence-corrected chi connectivity index (χ3v) is 7.10. The topological polar surface area (TPSA) is 101 Å². The Morgan fingerprint density at radius 2 is 1.47 bits per heavy atom. The fourth-order valence-corrected chi connectivity index (χ4v) is 4.86. The molecule has 0 saturated heterocycles. The highest BCUT2D eigenvalue weighted by molar-refractivity contribution is 7.92. The molecule has 0 unspecified atom stereocenters. The van der Waals surface area contributed by atoms with Crippen LogP contribution in [-0.4, -0.2) is 26.0 Å².